The summed E-state index contributed by atoms with van der Waals surface area (Å²) in [5, 5.41) is 9.47. The monoisotopic (exact) mass is 385 g/mol. The van der Waals surface area contributed by atoms with E-state index in [1.54, 1.807) is 24.3 Å². The molecule has 0 saturated carbocycles. The summed E-state index contributed by atoms with van der Waals surface area (Å²) in [7, 11) is -4.09. The Morgan fingerprint density at radius 2 is 1.79 bits per heavy atom. The van der Waals surface area contributed by atoms with Crippen LogP contribution in [0.3, 0.4) is 0 Å². The molecule has 126 valence electrons. The van der Waals surface area contributed by atoms with E-state index in [0.29, 0.717) is 10.7 Å². The molecule has 0 saturated heterocycles. The average Bonchev–Trinajstić information content (AvgIpc) is 2.53. The summed E-state index contributed by atoms with van der Waals surface area (Å²) in [5.74, 6) is -1.25. The highest BCUT2D eigenvalue weighted by Crippen LogP contribution is 2.30. The molecule has 0 unspecified atom stereocenters. The fourth-order valence-electron chi connectivity index (χ4n) is 2.02. The fraction of sp³-hybridized carbons (Fsp3) is 0.0625. The maximum absolute atomic E-state index is 13.0. The molecule has 0 aliphatic rings. The van der Waals surface area contributed by atoms with Crippen LogP contribution < -0.4 is 4.31 Å². The summed E-state index contributed by atoms with van der Waals surface area (Å²) in [6.07, 6.45) is 1.42. The summed E-state index contributed by atoms with van der Waals surface area (Å²) in [4.78, 5) is 10.8. The van der Waals surface area contributed by atoms with Gasteiger partial charge in [-0.05, 0) is 42.5 Å². The van der Waals surface area contributed by atoms with Crippen molar-refractivity contribution in [2.45, 2.75) is 4.90 Å². The van der Waals surface area contributed by atoms with Crippen molar-refractivity contribution in [1.29, 1.82) is 0 Å². The molecule has 0 aromatic heterocycles. The van der Waals surface area contributed by atoms with E-state index in [1.165, 1.54) is 18.2 Å². The molecule has 2 aromatic rings. The number of aromatic carboxylic acids is 1. The molecule has 0 fully saturated rings. The Morgan fingerprint density at radius 3 is 2.33 bits per heavy atom. The van der Waals surface area contributed by atoms with E-state index < -0.39 is 16.0 Å². The molecule has 5 nitrogen and oxygen atoms in total. The van der Waals surface area contributed by atoms with Crippen LogP contribution in [0.1, 0.15) is 10.4 Å². The maximum Gasteiger partial charge on any atom is 0.335 e. The van der Waals surface area contributed by atoms with Gasteiger partial charge >= 0.3 is 5.97 Å². The van der Waals surface area contributed by atoms with Gasteiger partial charge in [0, 0.05) is 5.02 Å². The van der Waals surface area contributed by atoms with Crippen LogP contribution in [-0.2, 0) is 10.0 Å². The second-order valence-electron chi connectivity index (χ2n) is 4.75. The highest BCUT2D eigenvalue weighted by molar-refractivity contribution is 7.93. The molecular weight excluding hydrogens is 373 g/mol. The van der Waals surface area contributed by atoms with Crippen LogP contribution in [0.2, 0.25) is 10.0 Å². The molecule has 0 bridgehead atoms. The Morgan fingerprint density at radius 1 is 1.17 bits per heavy atom. The molecule has 1 N–H and O–H groups in total. The summed E-state index contributed by atoms with van der Waals surface area (Å²) in [5.41, 5.74) is 0.184. The Labute approximate surface area is 149 Å². The lowest BCUT2D eigenvalue weighted by atomic mass is 10.2. The van der Waals surface area contributed by atoms with Gasteiger partial charge in [0.05, 0.1) is 22.8 Å². The van der Waals surface area contributed by atoms with Crippen molar-refractivity contribution in [2.75, 3.05) is 10.8 Å². The average molecular weight is 386 g/mol. The molecule has 0 radical (unpaired) electrons. The zero-order chi connectivity index (χ0) is 17.9. The molecule has 0 aliphatic heterocycles. The minimum Gasteiger partial charge on any atom is -0.478 e. The first-order valence-corrected chi connectivity index (χ1v) is 8.89. The van der Waals surface area contributed by atoms with Gasteiger partial charge in [0.1, 0.15) is 4.90 Å². The van der Waals surface area contributed by atoms with Crippen LogP contribution in [0.4, 0.5) is 5.69 Å². The molecule has 0 heterocycles. The number of carboxylic acid groups (broad SMARTS) is 1. The largest absolute Gasteiger partial charge is 0.478 e. The quantitative estimate of drug-likeness (QED) is 0.760. The topological polar surface area (TPSA) is 74.7 Å². The predicted molar refractivity (Wildman–Crippen MR) is 94.6 cm³/mol. The Hall–Kier alpha value is -2.02. The Bertz CT molecular complexity index is 879. The Balaban J connectivity index is 2.60. The molecular formula is C16H13Cl2NO4S. The third-order valence-corrected chi connectivity index (χ3v) is 5.68. The van der Waals surface area contributed by atoms with Crippen LogP contribution in [-0.4, -0.2) is 26.0 Å². The van der Waals surface area contributed by atoms with E-state index in [1.807, 2.05) is 0 Å². The smallest absolute Gasteiger partial charge is 0.335 e. The fourth-order valence-corrected chi connectivity index (χ4v) is 4.08. The van der Waals surface area contributed by atoms with Crippen LogP contribution in [0.5, 0.6) is 0 Å². The maximum atomic E-state index is 13.0. The molecule has 0 amide bonds. The SMILES string of the molecule is C=CCN(c1ccc(Cl)cc1)S(=O)(=O)c1cc(C(=O)O)ccc1Cl. The number of nitrogens with zero attached hydrogens (tertiary/aromatic N) is 1. The van der Waals surface area contributed by atoms with Crippen molar-refractivity contribution >= 4 is 44.9 Å². The van der Waals surface area contributed by atoms with Crippen LogP contribution in [0.25, 0.3) is 0 Å². The summed E-state index contributed by atoms with van der Waals surface area (Å²) < 4.78 is 27.0. The van der Waals surface area contributed by atoms with Gasteiger partial charge in [-0.25, -0.2) is 13.2 Å². The Kier molecular flexibility index (Phi) is 5.54. The third kappa shape index (κ3) is 3.72. The van der Waals surface area contributed by atoms with E-state index in [4.69, 9.17) is 28.3 Å². The lowest BCUT2D eigenvalue weighted by Gasteiger charge is -2.24. The van der Waals surface area contributed by atoms with Crippen molar-refractivity contribution in [3.8, 4) is 0 Å². The third-order valence-electron chi connectivity index (χ3n) is 3.16. The lowest BCUT2D eigenvalue weighted by Crippen LogP contribution is -2.31. The first-order chi connectivity index (χ1) is 11.3. The van der Waals surface area contributed by atoms with Gasteiger partial charge in [0.2, 0.25) is 0 Å². The molecule has 0 atom stereocenters. The zero-order valence-corrected chi connectivity index (χ0v) is 14.6. The van der Waals surface area contributed by atoms with Crippen molar-refractivity contribution < 1.29 is 18.3 Å². The number of anilines is 1. The predicted octanol–water partition coefficient (Wildman–Crippen LogP) is 4.07. The number of carbonyl (C=O) groups is 1. The van der Waals surface area contributed by atoms with Crippen molar-refractivity contribution in [3.63, 3.8) is 0 Å². The van der Waals surface area contributed by atoms with Gasteiger partial charge < -0.3 is 5.11 Å². The number of halogens is 2. The number of benzene rings is 2. The van der Waals surface area contributed by atoms with Gasteiger partial charge in [-0.3, -0.25) is 4.31 Å². The molecule has 24 heavy (non-hydrogen) atoms. The van der Waals surface area contributed by atoms with Crippen molar-refractivity contribution in [2.24, 2.45) is 0 Å². The normalized spacial score (nSPS) is 11.1. The van der Waals surface area contributed by atoms with Crippen molar-refractivity contribution in [3.05, 3.63) is 70.7 Å². The minimum absolute atomic E-state index is 0.0163. The van der Waals surface area contributed by atoms with Crippen LogP contribution in [0.15, 0.2) is 60.0 Å². The molecule has 2 aromatic carbocycles. The van der Waals surface area contributed by atoms with Gasteiger partial charge in [0.15, 0.2) is 0 Å². The highest BCUT2D eigenvalue weighted by Gasteiger charge is 2.27. The minimum atomic E-state index is -4.09. The standard InChI is InChI=1S/C16H13Cl2NO4S/c1-2-9-19(13-6-4-12(17)5-7-13)24(22,23)15-10-11(16(20)21)3-8-14(15)18/h2-8,10H,1,9H2,(H,20,21). The van der Waals surface area contributed by atoms with E-state index in [0.717, 1.165) is 10.4 Å². The number of hydrogen-bond acceptors (Lipinski definition) is 3. The number of hydrogen-bond donors (Lipinski definition) is 1. The first kappa shape index (κ1) is 18.3. The van der Waals surface area contributed by atoms with E-state index in [9.17, 15) is 13.2 Å². The summed E-state index contributed by atoms with van der Waals surface area (Å²) in [6.45, 7) is 3.54. The van der Waals surface area contributed by atoms with Gasteiger partial charge in [-0.1, -0.05) is 29.3 Å². The molecule has 0 aliphatic carbocycles. The van der Waals surface area contributed by atoms with Crippen molar-refractivity contribution in [1.82, 2.24) is 0 Å². The van der Waals surface area contributed by atoms with Gasteiger partial charge in [-0.2, -0.15) is 0 Å². The van der Waals surface area contributed by atoms with Crippen LogP contribution in [0, 0.1) is 0 Å². The zero-order valence-electron chi connectivity index (χ0n) is 12.3. The van der Waals surface area contributed by atoms with E-state index in [2.05, 4.69) is 6.58 Å². The summed E-state index contributed by atoms with van der Waals surface area (Å²) in [6, 6.07) is 9.70. The number of sulfonamides is 1. The second kappa shape index (κ2) is 7.25. The molecule has 2 rings (SSSR count). The number of carboxylic acids is 1. The van der Waals surface area contributed by atoms with E-state index in [-0.39, 0.29) is 22.0 Å². The number of rotatable bonds is 6. The highest BCUT2D eigenvalue weighted by atomic mass is 35.5. The lowest BCUT2D eigenvalue weighted by molar-refractivity contribution is 0.0696. The first-order valence-electron chi connectivity index (χ1n) is 6.69. The molecule has 8 heteroatoms. The van der Waals surface area contributed by atoms with Crippen LogP contribution >= 0.6 is 23.2 Å². The van der Waals surface area contributed by atoms with Gasteiger partial charge in [0.25, 0.3) is 10.0 Å². The van der Waals surface area contributed by atoms with E-state index >= 15 is 0 Å². The van der Waals surface area contributed by atoms with Gasteiger partial charge in [-0.15, -0.1) is 6.58 Å². The second-order valence-corrected chi connectivity index (χ2v) is 7.43. The molecule has 0 spiro atoms. The summed E-state index contributed by atoms with van der Waals surface area (Å²) >= 11 is 11.8.